The number of hydrogen-bond acceptors (Lipinski definition) is 3. The summed E-state index contributed by atoms with van der Waals surface area (Å²) in [4.78, 5) is 2.55. The average Bonchev–Trinajstić information content (AvgIpc) is 2.81. The Morgan fingerprint density at radius 1 is 1.37 bits per heavy atom. The Bertz CT molecular complexity index is 420. The van der Waals surface area contributed by atoms with Gasteiger partial charge in [-0.25, -0.2) is 0 Å². The predicted octanol–water partition coefficient (Wildman–Crippen LogP) is 2.34. The van der Waals surface area contributed by atoms with Crippen molar-refractivity contribution >= 4 is 5.69 Å². The topological polar surface area (TPSA) is 33.1 Å². The van der Waals surface area contributed by atoms with Crippen molar-refractivity contribution in [2.24, 2.45) is 7.05 Å². The highest BCUT2D eigenvalue weighted by molar-refractivity contribution is 5.51. The minimum atomic E-state index is 0.257. The van der Waals surface area contributed by atoms with Gasteiger partial charge in [-0.3, -0.25) is 4.68 Å². The smallest absolute Gasteiger partial charge is 0.0855 e. The van der Waals surface area contributed by atoms with Gasteiger partial charge >= 0.3 is 0 Å². The standard InChI is InChI=1S/C15H28N4/c1-6-13-14(10-18(5)17-13)19-11-15(7-2,8-3)16-9-12(19)4/h10,12,16H,6-9,11H2,1-5H3. The minimum absolute atomic E-state index is 0.257. The van der Waals surface area contributed by atoms with E-state index in [0.717, 1.165) is 19.5 Å². The molecule has 1 aliphatic rings. The molecule has 19 heavy (non-hydrogen) atoms. The minimum Gasteiger partial charge on any atom is -0.363 e. The van der Waals surface area contributed by atoms with Crippen LogP contribution in [0.2, 0.25) is 0 Å². The maximum atomic E-state index is 4.59. The molecule has 1 unspecified atom stereocenters. The first kappa shape index (κ1) is 14.4. The van der Waals surface area contributed by atoms with Crippen LogP contribution in [0.1, 0.15) is 46.2 Å². The van der Waals surface area contributed by atoms with Gasteiger partial charge in [-0.15, -0.1) is 0 Å². The molecule has 1 atom stereocenters. The van der Waals surface area contributed by atoms with Crippen LogP contribution in [-0.2, 0) is 13.5 Å². The van der Waals surface area contributed by atoms with Crippen LogP contribution in [0.25, 0.3) is 0 Å². The van der Waals surface area contributed by atoms with Crippen LogP contribution in [0.5, 0.6) is 0 Å². The molecule has 1 saturated heterocycles. The van der Waals surface area contributed by atoms with E-state index in [1.807, 2.05) is 11.7 Å². The highest BCUT2D eigenvalue weighted by atomic mass is 15.3. The SMILES string of the molecule is CCc1nn(C)cc1N1CC(CC)(CC)NCC1C. The zero-order valence-corrected chi connectivity index (χ0v) is 13.0. The number of rotatable bonds is 4. The quantitative estimate of drug-likeness (QED) is 0.906. The van der Waals surface area contributed by atoms with Crippen molar-refractivity contribution in [2.75, 3.05) is 18.0 Å². The number of aryl methyl sites for hydroxylation is 2. The summed E-state index contributed by atoms with van der Waals surface area (Å²) in [6.07, 6.45) is 5.53. The molecule has 0 radical (unpaired) electrons. The van der Waals surface area contributed by atoms with Crippen LogP contribution in [0.4, 0.5) is 5.69 Å². The second-order valence-electron chi connectivity index (χ2n) is 5.83. The maximum absolute atomic E-state index is 4.59. The molecular weight excluding hydrogens is 236 g/mol. The van der Waals surface area contributed by atoms with E-state index in [1.165, 1.54) is 24.2 Å². The van der Waals surface area contributed by atoms with Gasteiger partial charge in [-0.2, -0.15) is 5.10 Å². The van der Waals surface area contributed by atoms with E-state index in [1.54, 1.807) is 0 Å². The van der Waals surface area contributed by atoms with Crippen molar-refractivity contribution in [1.82, 2.24) is 15.1 Å². The zero-order valence-electron chi connectivity index (χ0n) is 13.0. The third kappa shape index (κ3) is 2.64. The lowest BCUT2D eigenvalue weighted by atomic mass is 9.88. The van der Waals surface area contributed by atoms with Gasteiger partial charge in [-0.1, -0.05) is 20.8 Å². The van der Waals surface area contributed by atoms with E-state index in [4.69, 9.17) is 0 Å². The molecule has 0 bridgehead atoms. The third-order valence-electron chi connectivity index (χ3n) is 4.66. The van der Waals surface area contributed by atoms with Crippen molar-refractivity contribution in [3.05, 3.63) is 11.9 Å². The van der Waals surface area contributed by atoms with Gasteiger partial charge in [0, 0.05) is 37.9 Å². The number of aromatic nitrogens is 2. The highest BCUT2D eigenvalue weighted by Gasteiger charge is 2.36. The number of anilines is 1. The fraction of sp³-hybridized carbons (Fsp3) is 0.800. The Kier molecular flexibility index (Phi) is 4.19. The molecule has 0 amide bonds. The molecule has 0 spiro atoms. The Hall–Kier alpha value is -1.03. The molecular formula is C15H28N4. The number of hydrogen-bond donors (Lipinski definition) is 1. The van der Waals surface area contributed by atoms with Crippen LogP contribution >= 0.6 is 0 Å². The predicted molar refractivity (Wildman–Crippen MR) is 80.7 cm³/mol. The van der Waals surface area contributed by atoms with Crippen LogP contribution in [0.3, 0.4) is 0 Å². The van der Waals surface area contributed by atoms with Gasteiger partial charge in [0.2, 0.25) is 0 Å². The van der Waals surface area contributed by atoms with Crippen LogP contribution in [0.15, 0.2) is 6.20 Å². The molecule has 1 aliphatic heterocycles. The fourth-order valence-electron chi connectivity index (χ4n) is 3.07. The molecule has 2 heterocycles. The van der Waals surface area contributed by atoms with E-state index in [-0.39, 0.29) is 5.54 Å². The van der Waals surface area contributed by atoms with Gasteiger partial charge in [0.25, 0.3) is 0 Å². The van der Waals surface area contributed by atoms with Crippen LogP contribution in [-0.4, -0.2) is 34.5 Å². The highest BCUT2D eigenvalue weighted by Crippen LogP contribution is 2.29. The molecule has 0 saturated carbocycles. The maximum Gasteiger partial charge on any atom is 0.0855 e. The first-order chi connectivity index (χ1) is 9.05. The average molecular weight is 264 g/mol. The molecule has 1 N–H and O–H groups in total. The third-order valence-corrected chi connectivity index (χ3v) is 4.66. The molecule has 1 aromatic heterocycles. The summed E-state index contributed by atoms with van der Waals surface area (Å²) in [5, 5.41) is 8.35. The van der Waals surface area contributed by atoms with E-state index in [2.05, 4.69) is 49.2 Å². The van der Waals surface area contributed by atoms with Gasteiger partial charge in [-0.05, 0) is 26.2 Å². The normalized spacial score (nSPS) is 22.8. The van der Waals surface area contributed by atoms with Crippen molar-refractivity contribution in [3.8, 4) is 0 Å². The van der Waals surface area contributed by atoms with E-state index < -0.39 is 0 Å². The number of piperazine rings is 1. The van der Waals surface area contributed by atoms with Crippen LogP contribution in [0, 0.1) is 0 Å². The van der Waals surface area contributed by atoms with Gasteiger partial charge in [0.15, 0.2) is 0 Å². The van der Waals surface area contributed by atoms with Gasteiger partial charge in [0.05, 0.1) is 11.4 Å². The fourth-order valence-corrected chi connectivity index (χ4v) is 3.07. The second kappa shape index (κ2) is 5.53. The summed E-state index contributed by atoms with van der Waals surface area (Å²) < 4.78 is 1.95. The molecule has 4 nitrogen and oxygen atoms in total. The molecule has 4 heteroatoms. The van der Waals surface area contributed by atoms with E-state index in [0.29, 0.717) is 6.04 Å². The summed E-state index contributed by atoms with van der Waals surface area (Å²) in [5.74, 6) is 0. The Morgan fingerprint density at radius 3 is 2.63 bits per heavy atom. The lowest BCUT2D eigenvalue weighted by Crippen LogP contribution is -2.63. The first-order valence-electron chi connectivity index (χ1n) is 7.59. The van der Waals surface area contributed by atoms with Crippen molar-refractivity contribution in [3.63, 3.8) is 0 Å². The summed E-state index contributed by atoms with van der Waals surface area (Å²) in [6.45, 7) is 11.2. The Morgan fingerprint density at radius 2 is 2.05 bits per heavy atom. The molecule has 2 rings (SSSR count). The summed E-state index contributed by atoms with van der Waals surface area (Å²) in [5.41, 5.74) is 2.80. The zero-order chi connectivity index (χ0) is 14.0. The summed E-state index contributed by atoms with van der Waals surface area (Å²) in [7, 11) is 2.02. The monoisotopic (exact) mass is 264 g/mol. The van der Waals surface area contributed by atoms with Crippen molar-refractivity contribution < 1.29 is 0 Å². The molecule has 0 aromatic carbocycles. The molecule has 0 aliphatic carbocycles. The second-order valence-corrected chi connectivity index (χ2v) is 5.83. The lowest BCUT2D eigenvalue weighted by molar-refractivity contribution is 0.253. The van der Waals surface area contributed by atoms with Crippen molar-refractivity contribution in [1.29, 1.82) is 0 Å². The summed E-state index contributed by atoms with van der Waals surface area (Å²) in [6, 6.07) is 0.528. The first-order valence-corrected chi connectivity index (χ1v) is 7.59. The van der Waals surface area contributed by atoms with Crippen molar-refractivity contribution in [2.45, 2.75) is 58.5 Å². The number of nitrogens with one attached hydrogen (secondary N) is 1. The lowest BCUT2D eigenvalue weighted by Gasteiger charge is -2.47. The Balaban J connectivity index is 2.30. The molecule has 1 aromatic rings. The Labute approximate surface area is 117 Å². The van der Waals surface area contributed by atoms with Crippen LogP contribution < -0.4 is 10.2 Å². The van der Waals surface area contributed by atoms with Gasteiger partial charge in [0.1, 0.15) is 0 Å². The molecule has 1 fully saturated rings. The van der Waals surface area contributed by atoms with E-state index in [9.17, 15) is 0 Å². The van der Waals surface area contributed by atoms with E-state index >= 15 is 0 Å². The number of nitrogens with zero attached hydrogens (tertiary/aromatic N) is 3. The summed E-state index contributed by atoms with van der Waals surface area (Å²) >= 11 is 0. The molecule has 108 valence electrons. The van der Waals surface area contributed by atoms with Gasteiger partial charge < -0.3 is 10.2 Å². The largest absolute Gasteiger partial charge is 0.363 e.